The fraction of sp³-hybridized carbons (Fsp3) is 0.107. The SMILES string of the molecule is O=C(Cc1cn(-c2ccc(Oc3ccccc3)nn2)c2ccccc12)NCCOc1ccccc1. The van der Waals surface area contributed by atoms with E-state index in [9.17, 15) is 4.79 Å². The van der Waals surface area contributed by atoms with E-state index in [1.807, 2.05) is 102 Å². The number of aromatic nitrogens is 3. The Hall–Kier alpha value is -4.65. The fourth-order valence-electron chi connectivity index (χ4n) is 3.80. The fourth-order valence-corrected chi connectivity index (χ4v) is 3.80. The van der Waals surface area contributed by atoms with E-state index in [1.54, 1.807) is 6.07 Å². The van der Waals surface area contributed by atoms with Crippen LogP contribution in [0.4, 0.5) is 0 Å². The molecule has 7 nitrogen and oxygen atoms in total. The topological polar surface area (TPSA) is 78.3 Å². The standard InChI is InChI=1S/C28H24N4O3/c33-27(29-17-18-34-22-9-3-1-4-10-22)19-21-20-32(25-14-8-7-13-24(21)25)26-15-16-28(31-30-26)35-23-11-5-2-6-12-23/h1-16,20H,17-19H2,(H,29,33). The maximum absolute atomic E-state index is 12.6. The van der Waals surface area contributed by atoms with E-state index in [0.29, 0.717) is 30.6 Å². The third-order valence-electron chi connectivity index (χ3n) is 5.42. The second kappa shape index (κ2) is 10.5. The van der Waals surface area contributed by atoms with Crippen LogP contribution in [0.1, 0.15) is 5.56 Å². The van der Waals surface area contributed by atoms with Gasteiger partial charge in [0.2, 0.25) is 11.8 Å². The highest BCUT2D eigenvalue weighted by molar-refractivity contribution is 5.90. The van der Waals surface area contributed by atoms with Gasteiger partial charge in [-0.3, -0.25) is 9.36 Å². The van der Waals surface area contributed by atoms with Crippen LogP contribution in [0.25, 0.3) is 16.7 Å². The molecule has 174 valence electrons. The number of carbonyl (C=O) groups excluding carboxylic acids is 1. The first-order chi connectivity index (χ1) is 17.3. The molecule has 1 amide bonds. The average molecular weight is 465 g/mol. The number of para-hydroxylation sites is 3. The van der Waals surface area contributed by atoms with Crippen LogP contribution < -0.4 is 14.8 Å². The van der Waals surface area contributed by atoms with Crippen molar-refractivity contribution in [2.45, 2.75) is 6.42 Å². The second-order valence-corrected chi connectivity index (χ2v) is 7.87. The minimum Gasteiger partial charge on any atom is -0.492 e. The molecule has 0 aliphatic carbocycles. The first-order valence-electron chi connectivity index (χ1n) is 11.4. The summed E-state index contributed by atoms with van der Waals surface area (Å²) in [5.74, 6) is 2.47. The van der Waals surface area contributed by atoms with Crippen molar-refractivity contribution >= 4 is 16.8 Å². The van der Waals surface area contributed by atoms with Crippen molar-refractivity contribution in [3.05, 3.63) is 109 Å². The second-order valence-electron chi connectivity index (χ2n) is 7.87. The zero-order valence-corrected chi connectivity index (χ0v) is 19.0. The van der Waals surface area contributed by atoms with Gasteiger partial charge in [0.25, 0.3) is 0 Å². The number of benzene rings is 3. The lowest BCUT2D eigenvalue weighted by Gasteiger charge is -2.07. The van der Waals surface area contributed by atoms with Crippen LogP contribution in [0.15, 0.2) is 103 Å². The summed E-state index contributed by atoms with van der Waals surface area (Å²) in [6, 6.07) is 30.6. The molecule has 0 radical (unpaired) electrons. The molecule has 0 fully saturated rings. The Morgan fingerprint density at radius 1 is 0.800 bits per heavy atom. The Labute approximate surface area is 203 Å². The number of hydrogen-bond acceptors (Lipinski definition) is 5. The largest absolute Gasteiger partial charge is 0.492 e. The molecule has 0 aliphatic rings. The molecule has 0 saturated heterocycles. The predicted octanol–water partition coefficient (Wildman–Crippen LogP) is 4.95. The predicted molar refractivity (Wildman–Crippen MR) is 134 cm³/mol. The lowest BCUT2D eigenvalue weighted by molar-refractivity contribution is -0.120. The van der Waals surface area contributed by atoms with Crippen LogP contribution in [0.2, 0.25) is 0 Å². The normalized spacial score (nSPS) is 10.7. The van der Waals surface area contributed by atoms with E-state index in [1.165, 1.54) is 0 Å². The van der Waals surface area contributed by atoms with Crippen molar-refractivity contribution in [3.8, 4) is 23.2 Å². The molecule has 35 heavy (non-hydrogen) atoms. The van der Waals surface area contributed by atoms with Gasteiger partial charge in [-0.15, -0.1) is 10.2 Å². The van der Waals surface area contributed by atoms with Gasteiger partial charge in [-0.05, 0) is 42.0 Å². The molecule has 0 saturated carbocycles. The van der Waals surface area contributed by atoms with E-state index in [2.05, 4.69) is 15.5 Å². The van der Waals surface area contributed by atoms with Gasteiger partial charge >= 0.3 is 0 Å². The summed E-state index contributed by atoms with van der Waals surface area (Å²) in [5, 5.41) is 12.5. The maximum atomic E-state index is 12.6. The van der Waals surface area contributed by atoms with E-state index in [4.69, 9.17) is 9.47 Å². The Morgan fingerprint density at radius 3 is 2.26 bits per heavy atom. The number of hydrogen-bond donors (Lipinski definition) is 1. The molecule has 3 aromatic carbocycles. The minimum absolute atomic E-state index is 0.0674. The van der Waals surface area contributed by atoms with Crippen molar-refractivity contribution in [3.63, 3.8) is 0 Å². The third kappa shape index (κ3) is 5.47. The highest BCUT2D eigenvalue weighted by atomic mass is 16.5. The highest BCUT2D eigenvalue weighted by Gasteiger charge is 2.14. The molecule has 0 aliphatic heterocycles. The van der Waals surface area contributed by atoms with Crippen molar-refractivity contribution in [2.24, 2.45) is 0 Å². The smallest absolute Gasteiger partial charge is 0.238 e. The van der Waals surface area contributed by atoms with Crippen molar-refractivity contribution < 1.29 is 14.3 Å². The summed E-state index contributed by atoms with van der Waals surface area (Å²) < 4.78 is 13.3. The molecule has 5 aromatic rings. The first kappa shape index (κ1) is 22.2. The lowest BCUT2D eigenvalue weighted by atomic mass is 10.1. The van der Waals surface area contributed by atoms with Gasteiger partial charge < -0.3 is 14.8 Å². The van der Waals surface area contributed by atoms with Crippen LogP contribution in [-0.2, 0) is 11.2 Å². The summed E-state index contributed by atoms with van der Waals surface area (Å²) in [4.78, 5) is 12.6. The van der Waals surface area contributed by atoms with E-state index in [-0.39, 0.29) is 12.3 Å². The molecule has 2 aromatic heterocycles. The number of carbonyl (C=O) groups is 1. The number of rotatable bonds is 9. The van der Waals surface area contributed by atoms with Crippen LogP contribution in [0, 0.1) is 0 Å². The van der Waals surface area contributed by atoms with Gasteiger partial charge in [-0.25, -0.2) is 0 Å². The summed E-state index contributed by atoms with van der Waals surface area (Å²) in [6.07, 6.45) is 2.19. The number of ether oxygens (including phenoxy) is 2. The summed E-state index contributed by atoms with van der Waals surface area (Å²) in [6.45, 7) is 0.839. The maximum Gasteiger partial charge on any atom is 0.238 e. The quantitative estimate of drug-likeness (QED) is 0.312. The minimum atomic E-state index is -0.0674. The monoisotopic (exact) mass is 464 g/mol. The molecular weight excluding hydrogens is 440 g/mol. The average Bonchev–Trinajstić information content (AvgIpc) is 3.26. The van der Waals surface area contributed by atoms with Gasteiger partial charge in [-0.1, -0.05) is 54.6 Å². The van der Waals surface area contributed by atoms with Crippen molar-refractivity contribution in [1.29, 1.82) is 0 Å². The van der Waals surface area contributed by atoms with E-state index in [0.717, 1.165) is 22.2 Å². The number of nitrogens with zero attached hydrogens (tertiary/aromatic N) is 3. The van der Waals surface area contributed by atoms with E-state index >= 15 is 0 Å². The number of nitrogens with one attached hydrogen (secondary N) is 1. The molecule has 0 atom stereocenters. The van der Waals surface area contributed by atoms with Gasteiger partial charge in [0, 0.05) is 17.6 Å². The Balaban J connectivity index is 1.26. The summed E-state index contributed by atoms with van der Waals surface area (Å²) >= 11 is 0. The highest BCUT2D eigenvalue weighted by Crippen LogP contribution is 2.25. The third-order valence-corrected chi connectivity index (χ3v) is 5.42. The van der Waals surface area contributed by atoms with Gasteiger partial charge in [0.15, 0.2) is 5.82 Å². The van der Waals surface area contributed by atoms with E-state index < -0.39 is 0 Å². The Bertz CT molecular complexity index is 1400. The first-order valence-corrected chi connectivity index (χ1v) is 11.4. The van der Waals surface area contributed by atoms with Crippen LogP contribution in [-0.4, -0.2) is 33.8 Å². The zero-order chi connectivity index (χ0) is 23.9. The molecule has 0 bridgehead atoms. The number of fused-ring (bicyclic) bond motifs is 1. The lowest BCUT2D eigenvalue weighted by Crippen LogP contribution is -2.29. The van der Waals surface area contributed by atoms with Gasteiger partial charge in [0.05, 0.1) is 18.5 Å². The molecular formula is C28H24N4O3. The Morgan fingerprint density at radius 2 is 1.51 bits per heavy atom. The zero-order valence-electron chi connectivity index (χ0n) is 19.0. The summed E-state index contributed by atoms with van der Waals surface area (Å²) in [7, 11) is 0. The molecule has 7 heteroatoms. The number of amides is 1. The van der Waals surface area contributed by atoms with Crippen LogP contribution >= 0.6 is 0 Å². The van der Waals surface area contributed by atoms with Gasteiger partial charge in [-0.2, -0.15) is 0 Å². The molecule has 0 spiro atoms. The Kier molecular flexibility index (Phi) is 6.66. The molecule has 1 N–H and O–H groups in total. The molecule has 2 heterocycles. The molecule has 0 unspecified atom stereocenters. The van der Waals surface area contributed by atoms with Crippen molar-refractivity contribution in [1.82, 2.24) is 20.1 Å². The van der Waals surface area contributed by atoms with Gasteiger partial charge in [0.1, 0.15) is 18.1 Å². The summed E-state index contributed by atoms with van der Waals surface area (Å²) in [5.41, 5.74) is 1.86. The molecule has 5 rings (SSSR count). The van der Waals surface area contributed by atoms with Crippen molar-refractivity contribution in [2.75, 3.05) is 13.2 Å². The van der Waals surface area contributed by atoms with Crippen LogP contribution in [0.5, 0.6) is 17.4 Å². The van der Waals surface area contributed by atoms with Crippen LogP contribution in [0.3, 0.4) is 0 Å².